The topological polar surface area (TPSA) is 110 Å². The maximum atomic E-state index is 11.3. The third kappa shape index (κ3) is 2.91. The van der Waals surface area contributed by atoms with Gasteiger partial charge in [-0.05, 0) is 24.6 Å². The number of amides is 1. The van der Waals surface area contributed by atoms with E-state index in [9.17, 15) is 4.79 Å². The maximum Gasteiger partial charge on any atom is 0.248 e. The summed E-state index contributed by atoms with van der Waals surface area (Å²) in [4.78, 5) is 24.6. The van der Waals surface area contributed by atoms with Crippen molar-refractivity contribution in [2.75, 3.05) is 18.4 Å². The number of carbonyl (C=O) groups excluding carboxylic acids is 1. The third-order valence-electron chi connectivity index (χ3n) is 4.55. The Balaban J connectivity index is 1.66. The average molecular weight is 337 g/mol. The van der Waals surface area contributed by atoms with Gasteiger partial charge >= 0.3 is 0 Å². The van der Waals surface area contributed by atoms with E-state index >= 15 is 0 Å². The molecule has 1 amide bonds. The fourth-order valence-electron chi connectivity index (χ4n) is 3.08. The molecule has 0 saturated carbocycles. The molecule has 4 rings (SSSR count). The summed E-state index contributed by atoms with van der Waals surface area (Å²) in [6.45, 7) is 4.12. The molecule has 8 heteroatoms. The summed E-state index contributed by atoms with van der Waals surface area (Å²) < 4.78 is 1.86. The number of hydrogen-bond acceptors (Lipinski definition) is 6. The lowest BCUT2D eigenvalue weighted by molar-refractivity contribution is 0.100. The smallest absolute Gasteiger partial charge is 0.248 e. The van der Waals surface area contributed by atoms with Gasteiger partial charge in [0.05, 0.1) is 24.3 Å². The number of anilines is 1. The van der Waals surface area contributed by atoms with Crippen molar-refractivity contribution < 1.29 is 4.79 Å². The number of rotatable bonds is 4. The minimum Gasteiger partial charge on any atom is -0.366 e. The molecule has 128 valence electrons. The van der Waals surface area contributed by atoms with Crippen LogP contribution in [0.25, 0.3) is 17.0 Å². The molecular formula is C17H19N7O. The number of primary amides is 1. The number of nitrogens with two attached hydrogens (primary N) is 1. The van der Waals surface area contributed by atoms with Crippen molar-refractivity contribution >= 4 is 17.4 Å². The lowest BCUT2D eigenvalue weighted by atomic mass is 10.1. The highest BCUT2D eigenvalue weighted by Gasteiger charge is 2.23. The van der Waals surface area contributed by atoms with Gasteiger partial charge in [-0.1, -0.05) is 6.92 Å². The standard InChI is InChI=1S/C17H19N7O/c1-10-5-19-6-12(10)22-15-9-20-7-13(23-15)14-8-21-16-4-11(17(18)25)2-3-24(14)16/h2-4,7-10,12,19H,5-6H2,1H3,(H2,18,25)(H,22,23)/t10-,12+/m1/s1. The van der Waals surface area contributed by atoms with Crippen LogP contribution in [0.1, 0.15) is 17.3 Å². The summed E-state index contributed by atoms with van der Waals surface area (Å²) in [6, 6.07) is 3.67. The van der Waals surface area contributed by atoms with Gasteiger partial charge in [0, 0.05) is 24.3 Å². The van der Waals surface area contributed by atoms with E-state index < -0.39 is 5.91 Å². The average Bonchev–Trinajstić information content (AvgIpc) is 3.21. The van der Waals surface area contributed by atoms with Crippen LogP contribution in [-0.2, 0) is 0 Å². The van der Waals surface area contributed by atoms with Crippen molar-refractivity contribution in [2.24, 2.45) is 11.7 Å². The monoisotopic (exact) mass is 337 g/mol. The van der Waals surface area contributed by atoms with Gasteiger partial charge in [0.2, 0.25) is 5.91 Å². The molecule has 0 spiro atoms. The largest absolute Gasteiger partial charge is 0.366 e. The fourth-order valence-corrected chi connectivity index (χ4v) is 3.08. The Kier molecular flexibility index (Phi) is 3.81. The number of pyridine rings is 1. The third-order valence-corrected chi connectivity index (χ3v) is 4.55. The molecule has 4 heterocycles. The molecule has 3 aromatic heterocycles. The molecule has 1 saturated heterocycles. The zero-order valence-electron chi connectivity index (χ0n) is 13.8. The predicted octanol–water partition coefficient (Wildman–Crippen LogP) is 0.910. The van der Waals surface area contributed by atoms with E-state index in [0.29, 0.717) is 28.9 Å². The molecule has 1 aliphatic heterocycles. The van der Waals surface area contributed by atoms with E-state index in [4.69, 9.17) is 5.73 Å². The van der Waals surface area contributed by atoms with Gasteiger partial charge in [0.1, 0.15) is 17.2 Å². The summed E-state index contributed by atoms with van der Waals surface area (Å²) >= 11 is 0. The Hall–Kier alpha value is -3.00. The van der Waals surface area contributed by atoms with Crippen LogP contribution >= 0.6 is 0 Å². The molecule has 2 atom stereocenters. The van der Waals surface area contributed by atoms with Gasteiger partial charge in [0.25, 0.3) is 0 Å². The molecule has 4 N–H and O–H groups in total. The van der Waals surface area contributed by atoms with Crippen LogP contribution < -0.4 is 16.4 Å². The first-order valence-electron chi connectivity index (χ1n) is 8.18. The zero-order valence-corrected chi connectivity index (χ0v) is 13.8. The van der Waals surface area contributed by atoms with Crippen LogP contribution in [0.2, 0.25) is 0 Å². The Morgan fingerprint density at radius 1 is 1.36 bits per heavy atom. The normalized spacial score (nSPS) is 20.0. The fraction of sp³-hybridized carbons (Fsp3) is 0.294. The molecule has 1 fully saturated rings. The number of fused-ring (bicyclic) bond motifs is 1. The van der Waals surface area contributed by atoms with Gasteiger partial charge in [-0.2, -0.15) is 0 Å². The molecule has 8 nitrogen and oxygen atoms in total. The van der Waals surface area contributed by atoms with Crippen LogP contribution in [0.5, 0.6) is 0 Å². The Morgan fingerprint density at radius 2 is 2.24 bits per heavy atom. The molecule has 0 unspecified atom stereocenters. The van der Waals surface area contributed by atoms with E-state index in [0.717, 1.165) is 24.6 Å². The highest BCUT2D eigenvalue weighted by atomic mass is 16.1. The van der Waals surface area contributed by atoms with Crippen LogP contribution in [0.15, 0.2) is 36.9 Å². The minimum absolute atomic E-state index is 0.338. The SMILES string of the molecule is C[C@@H]1CNC[C@@H]1Nc1cncc(-c2cnc3cc(C(N)=O)ccn23)n1. The van der Waals surface area contributed by atoms with Crippen molar-refractivity contribution in [3.8, 4) is 11.4 Å². The first-order valence-corrected chi connectivity index (χ1v) is 8.18. The molecular weight excluding hydrogens is 318 g/mol. The highest BCUT2D eigenvalue weighted by Crippen LogP contribution is 2.21. The Labute approximate surface area is 144 Å². The van der Waals surface area contributed by atoms with Crippen molar-refractivity contribution in [1.82, 2.24) is 24.7 Å². The van der Waals surface area contributed by atoms with Gasteiger partial charge < -0.3 is 16.4 Å². The van der Waals surface area contributed by atoms with E-state index in [2.05, 4.69) is 32.5 Å². The van der Waals surface area contributed by atoms with Crippen molar-refractivity contribution in [2.45, 2.75) is 13.0 Å². The molecule has 25 heavy (non-hydrogen) atoms. The molecule has 0 aromatic carbocycles. The van der Waals surface area contributed by atoms with Crippen LogP contribution in [0.3, 0.4) is 0 Å². The summed E-state index contributed by atoms with van der Waals surface area (Å²) in [5.74, 6) is 0.799. The molecule has 0 radical (unpaired) electrons. The number of nitrogens with zero attached hydrogens (tertiary/aromatic N) is 4. The summed E-state index contributed by atoms with van der Waals surface area (Å²) in [5.41, 5.74) is 7.90. The van der Waals surface area contributed by atoms with Crippen molar-refractivity contribution in [3.05, 3.63) is 42.5 Å². The molecule has 0 bridgehead atoms. The Bertz CT molecular complexity index is 936. The van der Waals surface area contributed by atoms with E-state index in [1.165, 1.54) is 0 Å². The second kappa shape index (κ2) is 6.14. The quantitative estimate of drug-likeness (QED) is 0.653. The highest BCUT2D eigenvalue weighted by molar-refractivity contribution is 5.93. The molecule has 1 aliphatic rings. The van der Waals surface area contributed by atoms with E-state index in [1.54, 1.807) is 36.9 Å². The van der Waals surface area contributed by atoms with Gasteiger partial charge in [-0.3, -0.25) is 14.2 Å². The van der Waals surface area contributed by atoms with Gasteiger partial charge in [0.15, 0.2) is 0 Å². The van der Waals surface area contributed by atoms with Crippen LogP contribution in [0, 0.1) is 5.92 Å². The number of hydrogen-bond donors (Lipinski definition) is 3. The number of carbonyl (C=O) groups is 1. The molecule has 3 aromatic rings. The summed E-state index contributed by atoms with van der Waals surface area (Å²) in [7, 11) is 0. The maximum absolute atomic E-state index is 11.3. The van der Waals surface area contributed by atoms with Gasteiger partial charge in [-0.15, -0.1) is 0 Å². The number of aromatic nitrogens is 4. The van der Waals surface area contributed by atoms with Crippen molar-refractivity contribution in [3.63, 3.8) is 0 Å². The van der Waals surface area contributed by atoms with Crippen LogP contribution in [-0.4, -0.2) is 44.4 Å². The van der Waals surface area contributed by atoms with E-state index in [1.807, 2.05) is 4.40 Å². The van der Waals surface area contributed by atoms with Crippen LogP contribution in [0.4, 0.5) is 5.82 Å². The minimum atomic E-state index is -0.475. The first kappa shape index (κ1) is 15.5. The summed E-state index contributed by atoms with van der Waals surface area (Å²) in [6.07, 6.45) is 6.91. The van der Waals surface area contributed by atoms with Crippen molar-refractivity contribution in [1.29, 1.82) is 0 Å². The lowest BCUT2D eigenvalue weighted by Crippen LogP contribution is -2.27. The van der Waals surface area contributed by atoms with Gasteiger partial charge in [-0.25, -0.2) is 9.97 Å². The number of imidazole rings is 1. The molecule has 0 aliphatic carbocycles. The summed E-state index contributed by atoms with van der Waals surface area (Å²) in [5, 5.41) is 6.80. The second-order valence-electron chi connectivity index (χ2n) is 6.33. The second-order valence-corrected chi connectivity index (χ2v) is 6.33. The van der Waals surface area contributed by atoms with E-state index in [-0.39, 0.29) is 0 Å². The first-order chi connectivity index (χ1) is 12.1. The zero-order chi connectivity index (χ0) is 17.4. The Morgan fingerprint density at radius 3 is 3.00 bits per heavy atom. The lowest BCUT2D eigenvalue weighted by Gasteiger charge is -2.16. The number of nitrogens with one attached hydrogen (secondary N) is 2. The predicted molar refractivity (Wildman–Crippen MR) is 94.2 cm³/mol.